The molecule has 0 aromatic carbocycles. The van der Waals surface area contributed by atoms with Crippen molar-refractivity contribution < 1.29 is 0 Å². The zero-order valence-corrected chi connectivity index (χ0v) is 19.7. The molecule has 0 radical (unpaired) electrons. The third-order valence-corrected chi connectivity index (χ3v) is 7.07. The Bertz CT molecular complexity index is 1270. The Morgan fingerprint density at radius 3 is 2.53 bits per heavy atom. The number of hydrogen-bond acceptors (Lipinski definition) is 7. The molecule has 0 atom stereocenters. The number of fused-ring (bicyclic) bond motifs is 1. The number of pyridine rings is 1. The zero-order valence-electron chi connectivity index (χ0n) is 18.9. The molecule has 0 amide bonds. The van der Waals surface area contributed by atoms with Crippen LogP contribution in [0, 0.1) is 0 Å². The molecule has 0 saturated carbocycles. The van der Waals surface area contributed by atoms with Crippen LogP contribution >= 0.6 is 11.3 Å². The van der Waals surface area contributed by atoms with Gasteiger partial charge in [-0.05, 0) is 52.2 Å². The van der Waals surface area contributed by atoms with E-state index in [1.165, 1.54) is 4.57 Å². The van der Waals surface area contributed by atoms with E-state index in [0.29, 0.717) is 17.6 Å². The number of rotatable bonds is 4. The van der Waals surface area contributed by atoms with E-state index in [9.17, 15) is 4.79 Å². The van der Waals surface area contributed by atoms with Crippen LogP contribution in [0.15, 0.2) is 35.5 Å². The topological polar surface area (TPSA) is 108 Å². The lowest BCUT2D eigenvalue weighted by atomic mass is 9.79. The van der Waals surface area contributed by atoms with Crippen molar-refractivity contribution in [3.8, 4) is 17.1 Å². The number of H-pyrrole nitrogens is 2. The molecule has 10 heteroatoms. The normalized spacial score (nSPS) is 18.3. The lowest BCUT2D eigenvalue weighted by molar-refractivity contribution is 0.161. The predicted octanol–water partition coefficient (Wildman–Crippen LogP) is 3.31. The van der Waals surface area contributed by atoms with E-state index in [1.54, 1.807) is 36.0 Å². The lowest BCUT2D eigenvalue weighted by Crippen LogP contribution is -2.61. The Morgan fingerprint density at radius 1 is 1.16 bits per heavy atom. The Kier molecular flexibility index (Phi) is 4.75. The number of hydrogen-bond donors (Lipinski definition) is 3. The summed E-state index contributed by atoms with van der Waals surface area (Å²) in [6.07, 6.45) is 7.25. The Morgan fingerprint density at radius 2 is 1.91 bits per heavy atom. The van der Waals surface area contributed by atoms with E-state index >= 15 is 0 Å². The highest BCUT2D eigenvalue weighted by atomic mass is 32.1. The Balaban J connectivity index is 1.41. The minimum atomic E-state index is -0.165. The largest absolute Gasteiger partial charge is 0.348 e. The van der Waals surface area contributed by atoms with Crippen molar-refractivity contribution in [2.45, 2.75) is 57.7 Å². The molecule has 0 unspecified atom stereocenters. The van der Waals surface area contributed by atoms with E-state index < -0.39 is 0 Å². The second-order valence-electron chi connectivity index (χ2n) is 9.89. The molecular weight excluding hydrogens is 424 g/mol. The first kappa shape index (κ1) is 20.9. The minimum Gasteiger partial charge on any atom is -0.348 e. The summed E-state index contributed by atoms with van der Waals surface area (Å²) >= 11 is 1.55. The van der Waals surface area contributed by atoms with Crippen molar-refractivity contribution in [2.75, 3.05) is 11.9 Å². The van der Waals surface area contributed by atoms with Gasteiger partial charge in [-0.25, -0.2) is 4.98 Å². The number of piperidine rings is 1. The van der Waals surface area contributed by atoms with Crippen LogP contribution in [-0.2, 0) is 0 Å². The highest BCUT2D eigenvalue weighted by Crippen LogP contribution is 2.35. The van der Waals surface area contributed by atoms with Crippen LogP contribution < -0.4 is 15.8 Å². The van der Waals surface area contributed by atoms with Crippen LogP contribution in [0.1, 0.15) is 40.5 Å². The molecule has 4 aromatic heterocycles. The van der Waals surface area contributed by atoms with E-state index in [2.05, 4.69) is 65.1 Å². The average Bonchev–Trinajstić information content (AvgIpc) is 3.41. The maximum atomic E-state index is 12.7. The molecule has 5 heterocycles. The quantitative estimate of drug-likeness (QED) is 0.439. The Hall–Kier alpha value is -2.98. The van der Waals surface area contributed by atoms with Gasteiger partial charge in [0.15, 0.2) is 15.6 Å². The van der Waals surface area contributed by atoms with Gasteiger partial charge in [0, 0.05) is 48.2 Å². The summed E-state index contributed by atoms with van der Waals surface area (Å²) in [7, 11) is 2.11. The van der Waals surface area contributed by atoms with E-state index in [4.69, 9.17) is 4.98 Å². The molecule has 1 fully saturated rings. The van der Waals surface area contributed by atoms with Gasteiger partial charge >= 0.3 is 0 Å². The van der Waals surface area contributed by atoms with Crippen LogP contribution in [-0.4, -0.2) is 53.9 Å². The second-order valence-corrected chi connectivity index (χ2v) is 10.8. The third-order valence-electron chi connectivity index (χ3n) is 6.03. The summed E-state index contributed by atoms with van der Waals surface area (Å²) in [5.41, 5.74) is 2.34. The van der Waals surface area contributed by atoms with Crippen LogP contribution in [0.2, 0.25) is 0 Å². The lowest BCUT2D eigenvalue weighted by Gasteiger charge is -2.48. The maximum absolute atomic E-state index is 12.7. The van der Waals surface area contributed by atoms with Gasteiger partial charge in [0.25, 0.3) is 5.56 Å². The standard InChI is InChI=1S/C22H28N8OS/c1-21(2)9-15(10-22(3,4)28-21)29(5)20-26-17-18(32-20)27-19(25-17)30-7-6-13(8-16(30)31)14-11-23-24-12-14/h6-8,11-12,15,28H,9-10H2,1-5H3,(H,23,24)(H,25,27). The van der Waals surface area contributed by atoms with Gasteiger partial charge in [0.1, 0.15) is 0 Å². The highest BCUT2D eigenvalue weighted by Gasteiger charge is 2.39. The number of aromatic amines is 2. The number of aromatic nitrogens is 6. The minimum absolute atomic E-state index is 0.0635. The SMILES string of the molecule is CN(c1nc2[nH]c(-n3ccc(-c4cn[nH]c4)cc3=O)nc2s1)C1CC(C)(C)NC(C)(C)C1. The van der Waals surface area contributed by atoms with Crippen LogP contribution in [0.5, 0.6) is 0 Å². The van der Waals surface area contributed by atoms with Crippen molar-refractivity contribution in [3.63, 3.8) is 0 Å². The van der Waals surface area contributed by atoms with Crippen molar-refractivity contribution in [2.24, 2.45) is 0 Å². The molecule has 5 rings (SSSR count). The summed E-state index contributed by atoms with van der Waals surface area (Å²) in [5.74, 6) is 0.473. The summed E-state index contributed by atoms with van der Waals surface area (Å²) in [4.78, 5) is 28.4. The monoisotopic (exact) mass is 452 g/mol. The summed E-state index contributed by atoms with van der Waals surface area (Å²) in [6, 6.07) is 3.83. The first-order valence-electron chi connectivity index (χ1n) is 10.7. The van der Waals surface area contributed by atoms with Crippen LogP contribution in [0.4, 0.5) is 5.13 Å². The van der Waals surface area contributed by atoms with Gasteiger partial charge in [-0.3, -0.25) is 14.5 Å². The second kappa shape index (κ2) is 7.28. The molecule has 0 aliphatic carbocycles. The Labute approximate surface area is 189 Å². The van der Waals surface area contributed by atoms with Crippen molar-refractivity contribution >= 4 is 26.9 Å². The first-order valence-corrected chi connectivity index (χ1v) is 11.5. The fourth-order valence-corrected chi connectivity index (χ4v) is 5.82. The number of thiazole rings is 1. The summed E-state index contributed by atoms with van der Waals surface area (Å²) in [6.45, 7) is 9.02. The molecule has 9 nitrogen and oxygen atoms in total. The maximum Gasteiger partial charge on any atom is 0.258 e. The van der Waals surface area contributed by atoms with E-state index in [-0.39, 0.29) is 16.6 Å². The summed E-state index contributed by atoms with van der Waals surface area (Å²) in [5, 5.41) is 11.4. The van der Waals surface area contributed by atoms with E-state index in [0.717, 1.165) is 33.9 Å². The molecule has 32 heavy (non-hydrogen) atoms. The smallest absolute Gasteiger partial charge is 0.258 e. The van der Waals surface area contributed by atoms with Crippen LogP contribution in [0.25, 0.3) is 27.6 Å². The van der Waals surface area contributed by atoms with Gasteiger partial charge < -0.3 is 15.2 Å². The van der Waals surface area contributed by atoms with Gasteiger partial charge in [-0.2, -0.15) is 10.1 Å². The molecular formula is C22H28N8OS. The number of nitrogens with zero attached hydrogens (tertiary/aromatic N) is 5. The molecule has 1 aliphatic heterocycles. The number of nitrogens with one attached hydrogen (secondary N) is 3. The highest BCUT2D eigenvalue weighted by molar-refractivity contribution is 7.21. The van der Waals surface area contributed by atoms with Gasteiger partial charge in [0.2, 0.25) is 5.95 Å². The molecule has 3 N–H and O–H groups in total. The molecule has 0 spiro atoms. The van der Waals surface area contributed by atoms with Crippen LogP contribution in [0.3, 0.4) is 0 Å². The van der Waals surface area contributed by atoms with Crippen molar-refractivity contribution in [1.29, 1.82) is 0 Å². The van der Waals surface area contributed by atoms with Crippen molar-refractivity contribution in [3.05, 3.63) is 41.1 Å². The molecule has 4 aromatic rings. The molecule has 1 aliphatic rings. The number of imidazole rings is 1. The first-order chi connectivity index (χ1) is 15.1. The van der Waals surface area contributed by atoms with Gasteiger partial charge in [-0.15, -0.1) is 0 Å². The molecule has 0 bridgehead atoms. The average molecular weight is 453 g/mol. The molecule has 1 saturated heterocycles. The third kappa shape index (κ3) is 3.84. The predicted molar refractivity (Wildman–Crippen MR) is 128 cm³/mol. The van der Waals surface area contributed by atoms with Gasteiger partial charge in [0.05, 0.1) is 6.20 Å². The van der Waals surface area contributed by atoms with Crippen molar-refractivity contribution in [1.82, 2.24) is 35.0 Å². The number of anilines is 1. The van der Waals surface area contributed by atoms with Gasteiger partial charge in [-0.1, -0.05) is 11.3 Å². The molecule has 168 valence electrons. The fraction of sp³-hybridized carbons (Fsp3) is 0.455. The zero-order chi connectivity index (χ0) is 22.7. The summed E-state index contributed by atoms with van der Waals surface area (Å²) < 4.78 is 1.50. The van der Waals surface area contributed by atoms with E-state index in [1.807, 2.05) is 6.07 Å². The fourth-order valence-electron chi connectivity index (χ4n) is 4.89.